The number of anilines is 2. The Labute approximate surface area is 151 Å². The van der Waals surface area contributed by atoms with Crippen LogP contribution in [0.5, 0.6) is 0 Å². The van der Waals surface area contributed by atoms with Crippen LogP contribution in [0.15, 0.2) is 29.2 Å². The molecule has 11 heteroatoms. The molecule has 2 N–H and O–H groups in total. The van der Waals surface area contributed by atoms with Crippen molar-refractivity contribution in [2.24, 2.45) is 0 Å². The van der Waals surface area contributed by atoms with E-state index in [0.717, 1.165) is 6.07 Å². The molecule has 9 nitrogen and oxygen atoms in total. The second-order valence-corrected chi connectivity index (χ2v) is 5.32. The molecule has 0 atom stereocenters. The summed E-state index contributed by atoms with van der Waals surface area (Å²) in [4.78, 5) is 19.8. The van der Waals surface area contributed by atoms with Gasteiger partial charge in [0.15, 0.2) is 17.3 Å². The molecular formula is C16H11F2N7O2. The number of aryl methyl sites for hydroxylation is 1. The zero-order valence-electron chi connectivity index (χ0n) is 13.8. The quantitative estimate of drug-likeness (QED) is 0.698. The molecule has 1 amide bonds. The highest BCUT2D eigenvalue weighted by Crippen LogP contribution is 2.28. The molecule has 3 rings (SSSR count). The van der Waals surface area contributed by atoms with Crippen molar-refractivity contribution in [3.05, 3.63) is 58.9 Å². The Morgan fingerprint density at radius 2 is 2.00 bits per heavy atom. The van der Waals surface area contributed by atoms with E-state index < -0.39 is 17.5 Å². The predicted octanol–water partition coefficient (Wildman–Crippen LogP) is 2.18. The van der Waals surface area contributed by atoms with Gasteiger partial charge < -0.3 is 10.6 Å². The number of carbonyl (C=O) groups excluding carboxylic acids is 1. The molecule has 0 bridgehead atoms. The van der Waals surface area contributed by atoms with Crippen molar-refractivity contribution in [2.45, 2.75) is 13.5 Å². The Hall–Kier alpha value is -3.94. The van der Waals surface area contributed by atoms with E-state index in [-0.39, 0.29) is 35.1 Å². The van der Waals surface area contributed by atoms with Crippen LogP contribution in [-0.4, -0.2) is 26.2 Å². The van der Waals surface area contributed by atoms with Gasteiger partial charge >= 0.3 is 0 Å². The third kappa shape index (κ3) is 3.84. The predicted molar refractivity (Wildman–Crippen MR) is 87.4 cm³/mol. The summed E-state index contributed by atoms with van der Waals surface area (Å²) in [6, 6.07) is 3.86. The first kappa shape index (κ1) is 17.9. The smallest absolute Gasteiger partial charge is 0.279 e. The number of aromatic nitrogens is 4. The number of benzene rings is 1. The van der Waals surface area contributed by atoms with Crippen molar-refractivity contribution in [2.75, 3.05) is 10.6 Å². The van der Waals surface area contributed by atoms with Gasteiger partial charge in [0, 0.05) is 24.5 Å². The highest BCUT2D eigenvalue weighted by molar-refractivity contribution is 6.05. The molecule has 3 aromatic rings. The zero-order chi connectivity index (χ0) is 19.4. The maximum atomic E-state index is 14.2. The lowest BCUT2D eigenvalue weighted by molar-refractivity contribution is 0.101. The number of nitrogens with one attached hydrogen (secondary N) is 2. The number of nitrogens with zero attached hydrogens (tertiary/aromatic N) is 5. The van der Waals surface area contributed by atoms with Crippen molar-refractivity contribution in [1.29, 1.82) is 5.26 Å². The van der Waals surface area contributed by atoms with Gasteiger partial charge in [0.1, 0.15) is 11.8 Å². The largest absolute Gasteiger partial charge is 0.377 e. The Balaban J connectivity index is 1.83. The number of hydrogen-bond donors (Lipinski definition) is 2. The van der Waals surface area contributed by atoms with Crippen molar-refractivity contribution in [3.63, 3.8) is 0 Å². The van der Waals surface area contributed by atoms with Crippen LogP contribution in [-0.2, 0) is 6.54 Å². The van der Waals surface area contributed by atoms with E-state index in [1.165, 1.54) is 25.4 Å². The molecule has 0 saturated carbocycles. The molecule has 136 valence electrons. The number of amides is 1. The molecule has 0 aliphatic carbocycles. The second kappa shape index (κ2) is 7.52. The van der Waals surface area contributed by atoms with E-state index in [9.17, 15) is 13.6 Å². The van der Waals surface area contributed by atoms with Crippen LogP contribution in [0, 0.1) is 29.9 Å². The molecule has 0 aliphatic heterocycles. The van der Waals surface area contributed by atoms with Crippen LogP contribution in [0.3, 0.4) is 0 Å². The van der Waals surface area contributed by atoms with Gasteiger partial charge in [-0.2, -0.15) is 5.26 Å². The minimum absolute atomic E-state index is 0.00383. The zero-order valence-corrected chi connectivity index (χ0v) is 13.8. The van der Waals surface area contributed by atoms with Crippen LogP contribution >= 0.6 is 0 Å². The summed E-state index contributed by atoms with van der Waals surface area (Å²) in [5.74, 6) is -2.96. The number of carbonyl (C=O) groups is 1. The highest BCUT2D eigenvalue weighted by Gasteiger charge is 2.19. The van der Waals surface area contributed by atoms with Gasteiger partial charge in [-0.05, 0) is 24.2 Å². The fraction of sp³-hybridized carbons (Fsp3) is 0.125. The van der Waals surface area contributed by atoms with Crippen LogP contribution in [0.1, 0.15) is 27.6 Å². The summed E-state index contributed by atoms with van der Waals surface area (Å²) in [5.41, 5.74) is 0.426. The summed E-state index contributed by atoms with van der Waals surface area (Å²) >= 11 is 0. The third-order valence-electron chi connectivity index (χ3n) is 3.49. The Morgan fingerprint density at radius 3 is 2.63 bits per heavy atom. The molecule has 1 aromatic carbocycles. The van der Waals surface area contributed by atoms with E-state index in [4.69, 9.17) is 5.26 Å². The molecule has 0 fully saturated rings. The summed E-state index contributed by atoms with van der Waals surface area (Å²) in [5, 5.41) is 20.8. The summed E-state index contributed by atoms with van der Waals surface area (Å²) in [6.07, 6.45) is 2.75. The summed E-state index contributed by atoms with van der Waals surface area (Å²) in [6.45, 7) is 1.54. The molecule has 27 heavy (non-hydrogen) atoms. The van der Waals surface area contributed by atoms with Crippen molar-refractivity contribution < 1.29 is 18.2 Å². The maximum absolute atomic E-state index is 14.2. The minimum Gasteiger partial charge on any atom is -0.377 e. The highest BCUT2D eigenvalue weighted by atomic mass is 19.2. The molecule has 0 saturated heterocycles. The average Bonchev–Trinajstić information content (AvgIpc) is 3.11. The lowest BCUT2D eigenvalue weighted by atomic mass is 10.2. The van der Waals surface area contributed by atoms with Gasteiger partial charge in [0.25, 0.3) is 5.91 Å². The summed E-state index contributed by atoms with van der Waals surface area (Å²) < 4.78 is 32.3. The van der Waals surface area contributed by atoms with Gasteiger partial charge in [-0.15, -0.1) is 0 Å². The molecule has 2 heterocycles. The van der Waals surface area contributed by atoms with E-state index >= 15 is 0 Å². The molecule has 0 unspecified atom stereocenters. The van der Waals surface area contributed by atoms with E-state index in [1.807, 2.05) is 0 Å². The van der Waals surface area contributed by atoms with Gasteiger partial charge in [-0.3, -0.25) is 4.79 Å². The number of hydrogen-bond acceptors (Lipinski definition) is 8. The number of rotatable bonds is 5. The maximum Gasteiger partial charge on any atom is 0.279 e. The molecule has 2 aromatic heterocycles. The second-order valence-electron chi connectivity index (χ2n) is 5.32. The van der Waals surface area contributed by atoms with Crippen molar-refractivity contribution in [1.82, 2.24) is 20.3 Å². The van der Waals surface area contributed by atoms with E-state index in [0.29, 0.717) is 5.56 Å². The minimum atomic E-state index is -1.17. The van der Waals surface area contributed by atoms with Gasteiger partial charge in [-0.25, -0.2) is 23.4 Å². The van der Waals surface area contributed by atoms with Gasteiger partial charge in [-0.1, -0.05) is 5.16 Å². The fourth-order valence-corrected chi connectivity index (χ4v) is 2.14. The normalized spacial score (nSPS) is 10.3. The first-order valence-electron chi connectivity index (χ1n) is 7.53. The van der Waals surface area contributed by atoms with Gasteiger partial charge in [0.2, 0.25) is 5.82 Å². The summed E-state index contributed by atoms with van der Waals surface area (Å²) in [7, 11) is 0. The lowest BCUT2D eigenvalue weighted by Gasteiger charge is -2.14. The van der Waals surface area contributed by atoms with Crippen molar-refractivity contribution >= 4 is 17.3 Å². The van der Waals surface area contributed by atoms with Gasteiger partial charge in [0.05, 0.1) is 11.4 Å². The Kier molecular flexibility index (Phi) is 4.98. The van der Waals surface area contributed by atoms with E-state index in [1.54, 1.807) is 6.07 Å². The first-order chi connectivity index (χ1) is 13.0. The van der Waals surface area contributed by atoms with Crippen LogP contribution in [0.25, 0.3) is 0 Å². The molecule has 0 aliphatic rings. The van der Waals surface area contributed by atoms with Crippen LogP contribution in [0.2, 0.25) is 0 Å². The Bertz CT molecular complexity index is 1030. The Morgan fingerprint density at radius 1 is 1.26 bits per heavy atom. The first-order valence-corrected chi connectivity index (χ1v) is 7.53. The standard InChI is InChI=1S/C16H11F2N7O2/c1-8-14(25-27-24-8)16(26)23-11-3-2-10(17)13(18)15(11)22-7-9-5-20-12(4-19)21-6-9/h2-3,5-6,22H,7H2,1H3,(H,23,26). The molecule has 0 radical (unpaired) electrons. The fourth-order valence-electron chi connectivity index (χ4n) is 2.14. The lowest BCUT2D eigenvalue weighted by Crippen LogP contribution is -2.16. The van der Waals surface area contributed by atoms with Crippen LogP contribution in [0.4, 0.5) is 20.2 Å². The number of halogens is 2. The monoisotopic (exact) mass is 371 g/mol. The SMILES string of the molecule is Cc1nonc1C(=O)Nc1ccc(F)c(F)c1NCc1cnc(C#N)nc1. The third-order valence-corrected chi connectivity index (χ3v) is 3.49. The van der Waals surface area contributed by atoms with Crippen LogP contribution < -0.4 is 10.6 Å². The van der Waals surface area contributed by atoms with Crippen molar-refractivity contribution in [3.8, 4) is 6.07 Å². The average molecular weight is 371 g/mol. The number of nitriles is 1. The van der Waals surface area contributed by atoms with E-state index in [2.05, 4.69) is 35.5 Å². The molecule has 0 spiro atoms. The topological polar surface area (TPSA) is 130 Å². The molecular weight excluding hydrogens is 360 g/mol.